The van der Waals surface area contributed by atoms with E-state index in [9.17, 15) is 0 Å². The Morgan fingerprint density at radius 1 is 0.909 bits per heavy atom. The number of thiophene rings is 1. The molecule has 6 heteroatoms. The zero-order valence-electron chi connectivity index (χ0n) is 19.4. The van der Waals surface area contributed by atoms with Crippen molar-refractivity contribution >= 4 is 39.0 Å². The van der Waals surface area contributed by atoms with Crippen molar-refractivity contribution in [1.82, 2.24) is 14.9 Å². The topological polar surface area (TPSA) is 32.3 Å². The van der Waals surface area contributed by atoms with E-state index in [1.54, 1.807) is 11.3 Å². The van der Waals surface area contributed by atoms with Gasteiger partial charge in [-0.2, -0.15) is 0 Å². The van der Waals surface area contributed by atoms with Crippen molar-refractivity contribution in [3.8, 4) is 0 Å². The standard InChI is InChI=1S/C27H29ClN4S/c1-4-23-29-26(24-18(2)19(3)33-27(24)30-23)32-16-14-31(15-17-32)25(20-8-6-5-7-9-20)21-10-12-22(28)13-11-21/h5-13,25H,4,14-17H2,1-3H3. The average molecular weight is 477 g/mol. The third-order valence-corrected chi connectivity index (χ3v) is 8.01. The van der Waals surface area contributed by atoms with Crippen LogP contribution in [-0.4, -0.2) is 41.0 Å². The summed E-state index contributed by atoms with van der Waals surface area (Å²) in [5.74, 6) is 2.05. The summed E-state index contributed by atoms with van der Waals surface area (Å²) in [6, 6.07) is 19.3. The lowest BCUT2D eigenvalue weighted by Gasteiger charge is -2.40. The van der Waals surface area contributed by atoms with Gasteiger partial charge in [-0.25, -0.2) is 9.97 Å². The van der Waals surface area contributed by atoms with Gasteiger partial charge in [0.05, 0.1) is 11.4 Å². The van der Waals surface area contributed by atoms with Crippen LogP contribution in [0.1, 0.15) is 40.4 Å². The highest BCUT2D eigenvalue weighted by Gasteiger charge is 2.28. The van der Waals surface area contributed by atoms with Gasteiger partial charge in [-0.3, -0.25) is 4.90 Å². The van der Waals surface area contributed by atoms with Crippen LogP contribution in [0.15, 0.2) is 54.6 Å². The van der Waals surface area contributed by atoms with Gasteiger partial charge in [-0.1, -0.05) is 61.0 Å². The van der Waals surface area contributed by atoms with Crippen molar-refractivity contribution in [2.45, 2.75) is 33.2 Å². The Morgan fingerprint density at radius 2 is 1.58 bits per heavy atom. The number of nitrogens with zero attached hydrogens (tertiary/aromatic N) is 4. The molecule has 1 aliphatic rings. The first kappa shape index (κ1) is 22.3. The van der Waals surface area contributed by atoms with Crippen molar-refractivity contribution in [1.29, 1.82) is 0 Å². The predicted molar refractivity (Wildman–Crippen MR) is 140 cm³/mol. The van der Waals surface area contributed by atoms with Crippen molar-refractivity contribution < 1.29 is 0 Å². The number of hydrogen-bond donors (Lipinski definition) is 0. The van der Waals surface area contributed by atoms with Crippen molar-refractivity contribution in [3.05, 3.63) is 87.0 Å². The fraction of sp³-hybridized carbons (Fsp3) is 0.333. The smallest absolute Gasteiger partial charge is 0.141 e. The minimum Gasteiger partial charge on any atom is -0.353 e. The molecule has 5 rings (SSSR count). The lowest BCUT2D eigenvalue weighted by atomic mass is 9.96. The fourth-order valence-corrected chi connectivity index (χ4v) is 5.91. The maximum atomic E-state index is 6.19. The van der Waals surface area contributed by atoms with E-state index in [-0.39, 0.29) is 6.04 Å². The molecule has 4 aromatic rings. The number of rotatable bonds is 5. The summed E-state index contributed by atoms with van der Waals surface area (Å²) in [4.78, 5) is 17.3. The molecule has 0 saturated carbocycles. The average Bonchev–Trinajstić information content (AvgIpc) is 3.14. The lowest BCUT2D eigenvalue weighted by molar-refractivity contribution is 0.212. The van der Waals surface area contributed by atoms with Gasteiger partial charge >= 0.3 is 0 Å². The van der Waals surface area contributed by atoms with Crippen LogP contribution in [0.5, 0.6) is 0 Å². The van der Waals surface area contributed by atoms with E-state index in [0.29, 0.717) is 0 Å². The first-order valence-corrected chi connectivity index (χ1v) is 12.8. The number of fused-ring (bicyclic) bond motifs is 1. The second kappa shape index (κ2) is 9.41. The maximum absolute atomic E-state index is 6.19. The van der Waals surface area contributed by atoms with Gasteiger partial charge in [0.15, 0.2) is 0 Å². The molecule has 0 amide bonds. The first-order chi connectivity index (χ1) is 16.0. The molecule has 1 aliphatic heterocycles. The van der Waals surface area contributed by atoms with Crippen LogP contribution in [-0.2, 0) is 6.42 Å². The fourth-order valence-electron chi connectivity index (χ4n) is 4.74. The van der Waals surface area contributed by atoms with Crippen molar-refractivity contribution in [2.24, 2.45) is 0 Å². The van der Waals surface area contributed by atoms with Gasteiger partial charge in [0.25, 0.3) is 0 Å². The number of aromatic nitrogens is 2. The number of aryl methyl sites for hydroxylation is 3. The molecule has 0 spiro atoms. The summed E-state index contributed by atoms with van der Waals surface area (Å²) < 4.78 is 0. The normalized spacial score (nSPS) is 15.8. The summed E-state index contributed by atoms with van der Waals surface area (Å²) in [6.45, 7) is 10.4. The Labute approximate surface area is 204 Å². The van der Waals surface area contributed by atoms with E-state index < -0.39 is 0 Å². The molecule has 1 unspecified atom stereocenters. The van der Waals surface area contributed by atoms with E-state index in [0.717, 1.165) is 54.1 Å². The first-order valence-electron chi connectivity index (χ1n) is 11.6. The molecular weight excluding hydrogens is 448 g/mol. The molecule has 1 saturated heterocycles. The zero-order chi connectivity index (χ0) is 22.9. The van der Waals surface area contributed by atoms with E-state index >= 15 is 0 Å². The number of hydrogen-bond acceptors (Lipinski definition) is 5. The largest absolute Gasteiger partial charge is 0.353 e. The van der Waals surface area contributed by atoms with Gasteiger partial charge in [-0.15, -0.1) is 11.3 Å². The molecule has 4 nitrogen and oxygen atoms in total. The Bertz CT molecular complexity index is 1240. The van der Waals surface area contributed by atoms with Crippen molar-refractivity contribution in [2.75, 3.05) is 31.1 Å². The third-order valence-electron chi connectivity index (χ3n) is 6.65. The van der Waals surface area contributed by atoms with Crippen LogP contribution in [0.25, 0.3) is 10.2 Å². The number of anilines is 1. The van der Waals surface area contributed by atoms with E-state index in [2.05, 4.69) is 73.0 Å². The molecule has 33 heavy (non-hydrogen) atoms. The molecule has 0 aliphatic carbocycles. The van der Waals surface area contributed by atoms with Crippen LogP contribution in [0.3, 0.4) is 0 Å². The summed E-state index contributed by atoms with van der Waals surface area (Å²) >= 11 is 7.98. The van der Waals surface area contributed by atoms with Crippen LogP contribution in [0.4, 0.5) is 5.82 Å². The summed E-state index contributed by atoms with van der Waals surface area (Å²) in [5.41, 5.74) is 3.91. The molecule has 3 heterocycles. The van der Waals surface area contributed by atoms with Crippen LogP contribution < -0.4 is 4.90 Å². The van der Waals surface area contributed by atoms with E-state index in [4.69, 9.17) is 21.6 Å². The second-order valence-corrected chi connectivity index (χ2v) is 10.3. The van der Waals surface area contributed by atoms with E-state index in [1.807, 2.05) is 12.1 Å². The molecule has 1 atom stereocenters. The van der Waals surface area contributed by atoms with Gasteiger partial charge in [0, 0.05) is 42.5 Å². The van der Waals surface area contributed by atoms with Gasteiger partial charge in [0.2, 0.25) is 0 Å². The quantitative estimate of drug-likeness (QED) is 0.332. The third kappa shape index (κ3) is 4.37. The summed E-state index contributed by atoms with van der Waals surface area (Å²) in [6.07, 6.45) is 0.853. The summed E-state index contributed by atoms with van der Waals surface area (Å²) in [7, 11) is 0. The number of benzene rings is 2. The second-order valence-electron chi connectivity index (χ2n) is 8.67. The van der Waals surface area contributed by atoms with Gasteiger partial charge < -0.3 is 4.90 Å². The number of piperazine rings is 1. The maximum Gasteiger partial charge on any atom is 0.141 e. The molecule has 2 aromatic carbocycles. The lowest BCUT2D eigenvalue weighted by Crippen LogP contribution is -2.48. The zero-order valence-corrected chi connectivity index (χ0v) is 21.0. The molecule has 1 fully saturated rings. The predicted octanol–water partition coefficient (Wildman–Crippen LogP) is 6.44. The van der Waals surface area contributed by atoms with Gasteiger partial charge in [-0.05, 0) is 42.7 Å². The Balaban J connectivity index is 1.45. The Hall–Kier alpha value is -2.47. The van der Waals surface area contributed by atoms with Crippen LogP contribution in [0.2, 0.25) is 5.02 Å². The highest BCUT2D eigenvalue weighted by Crippen LogP contribution is 2.36. The molecule has 2 aromatic heterocycles. The minimum absolute atomic E-state index is 0.215. The SMILES string of the molecule is CCc1nc(N2CCN(C(c3ccccc3)c3ccc(Cl)cc3)CC2)c2c(C)c(C)sc2n1. The molecular formula is C27H29ClN4S. The van der Waals surface area contributed by atoms with Crippen LogP contribution in [0, 0.1) is 13.8 Å². The van der Waals surface area contributed by atoms with Crippen LogP contribution >= 0.6 is 22.9 Å². The number of halogens is 1. The summed E-state index contributed by atoms with van der Waals surface area (Å²) in [5, 5.41) is 2.01. The highest BCUT2D eigenvalue weighted by molar-refractivity contribution is 7.18. The Kier molecular flexibility index (Phi) is 6.37. The molecule has 0 bridgehead atoms. The Morgan fingerprint density at radius 3 is 2.24 bits per heavy atom. The van der Waals surface area contributed by atoms with Gasteiger partial charge in [0.1, 0.15) is 16.5 Å². The van der Waals surface area contributed by atoms with Crippen molar-refractivity contribution in [3.63, 3.8) is 0 Å². The molecule has 0 N–H and O–H groups in total. The monoisotopic (exact) mass is 476 g/mol. The molecule has 170 valence electrons. The van der Waals surface area contributed by atoms with E-state index in [1.165, 1.54) is 27.0 Å². The highest BCUT2D eigenvalue weighted by atomic mass is 35.5. The molecule has 0 radical (unpaired) electrons. The minimum atomic E-state index is 0.215.